The molecule has 1 aromatic carbocycles. The molecule has 2 heterocycles. The Hall–Kier alpha value is -1.43. The Bertz CT molecular complexity index is 605. The molecule has 0 saturated carbocycles. The first-order chi connectivity index (χ1) is 10.1. The van der Waals surface area contributed by atoms with E-state index < -0.39 is 0 Å². The first-order valence-electron chi connectivity index (χ1n) is 7.18. The van der Waals surface area contributed by atoms with Gasteiger partial charge >= 0.3 is 0 Å². The predicted octanol–water partition coefficient (Wildman–Crippen LogP) is 2.57. The number of halogens is 1. The summed E-state index contributed by atoms with van der Waals surface area (Å²) in [4.78, 5) is 6.87. The van der Waals surface area contributed by atoms with Crippen LogP contribution in [-0.2, 0) is 6.54 Å². The molecule has 0 radical (unpaired) electrons. The zero-order chi connectivity index (χ0) is 14.8. The topological polar surface area (TPSA) is 54.2 Å². The van der Waals surface area contributed by atoms with Gasteiger partial charge in [-0.05, 0) is 26.0 Å². The molecule has 0 spiro atoms. The summed E-state index contributed by atoms with van der Waals surface area (Å²) in [5.41, 5.74) is 0.874. The zero-order valence-electron chi connectivity index (χ0n) is 12.2. The van der Waals surface area contributed by atoms with Gasteiger partial charge in [-0.2, -0.15) is 4.98 Å². The summed E-state index contributed by atoms with van der Waals surface area (Å²) in [7, 11) is 0. The van der Waals surface area contributed by atoms with Crippen molar-refractivity contribution >= 4 is 11.6 Å². The Morgan fingerprint density at radius 1 is 1.33 bits per heavy atom. The minimum absolute atomic E-state index is 0.454. The number of nitrogens with one attached hydrogen (secondary N) is 1. The molecule has 3 rings (SSSR count). The van der Waals surface area contributed by atoms with Crippen LogP contribution in [0.4, 0.5) is 0 Å². The Kier molecular flexibility index (Phi) is 4.24. The van der Waals surface area contributed by atoms with Gasteiger partial charge in [-0.3, -0.25) is 4.90 Å². The van der Waals surface area contributed by atoms with Crippen LogP contribution in [-0.4, -0.2) is 40.2 Å². The number of rotatable bonds is 3. The van der Waals surface area contributed by atoms with Crippen molar-refractivity contribution in [3.63, 3.8) is 0 Å². The van der Waals surface area contributed by atoms with Crippen molar-refractivity contribution in [1.29, 1.82) is 0 Å². The van der Waals surface area contributed by atoms with Crippen LogP contribution in [0.2, 0.25) is 5.02 Å². The number of piperazine rings is 1. The third-order valence-corrected chi connectivity index (χ3v) is 4.12. The van der Waals surface area contributed by atoms with Gasteiger partial charge < -0.3 is 9.84 Å². The third kappa shape index (κ3) is 3.26. The number of nitrogens with zero attached hydrogens (tertiary/aromatic N) is 3. The molecule has 21 heavy (non-hydrogen) atoms. The molecule has 0 bridgehead atoms. The van der Waals surface area contributed by atoms with Crippen LogP contribution in [0.1, 0.15) is 19.7 Å². The Balaban J connectivity index is 1.76. The first kappa shape index (κ1) is 14.5. The molecule has 5 nitrogen and oxygen atoms in total. The fraction of sp³-hybridized carbons (Fsp3) is 0.467. The van der Waals surface area contributed by atoms with Crippen LogP contribution in [0.3, 0.4) is 0 Å². The van der Waals surface area contributed by atoms with Crippen molar-refractivity contribution in [3.05, 3.63) is 35.2 Å². The standard InChI is InChI=1S/C15H19ClN4O/c1-10-7-17-8-11(2)20(10)9-14-18-15(19-21-14)12-4-3-5-13(16)6-12/h3-6,10-11,17H,7-9H2,1-2H3. The highest BCUT2D eigenvalue weighted by Gasteiger charge is 2.26. The second-order valence-corrected chi connectivity index (χ2v) is 5.99. The van der Waals surface area contributed by atoms with Crippen LogP contribution in [0.5, 0.6) is 0 Å². The van der Waals surface area contributed by atoms with E-state index in [0.717, 1.165) is 18.7 Å². The monoisotopic (exact) mass is 306 g/mol. The van der Waals surface area contributed by atoms with Crippen LogP contribution >= 0.6 is 11.6 Å². The fourth-order valence-electron chi connectivity index (χ4n) is 2.70. The quantitative estimate of drug-likeness (QED) is 0.944. The summed E-state index contributed by atoms with van der Waals surface area (Å²) in [6.45, 7) is 7.06. The smallest absolute Gasteiger partial charge is 0.241 e. The molecule has 1 fully saturated rings. The van der Waals surface area contributed by atoms with Gasteiger partial charge in [0, 0.05) is 35.8 Å². The molecule has 0 amide bonds. The molecule has 1 saturated heterocycles. The lowest BCUT2D eigenvalue weighted by Gasteiger charge is -2.38. The van der Waals surface area contributed by atoms with E-state index in [1.54, 1.807) is 0 Å². The van der Waals surface area contributed by atoms with Gasteiger partial charge in [0.25, 0.3) is 0 Å². The summed E-state index contributed by atoms with van der Waals surface area (Å²) >= 11 is 5.99. The second-order valence-electron chi connectivity index (χ2n) is 5.55. The van der Waals surface area contributed by atoms with Crippen molar-refractivity contribution in [2.75, 3.05) is 13.1 Å². The van der Waals surface area contributed by atoms with Crippen LogP contribution in [0.15, 0.2) is 28.8 Å². The Morgan fingerprint density at radius 3 is 2.81 bits per heavy atom. The SMILES string of the molecule is CC1CNCC(C)N1Cc1nc(-c2cccc(Cl)c2)no1. The lowest BCUT2D eigenvalue weighted by atomic mass is 10.1. The lowest BCUT2D eigenvalue weighted by molar-refractivity contribution is 0.0947. The molecule has 2 unspecified atom stereocenters. The van der Waals surface area contributed by atoms with Gasteiger partial charge in [0.1, 0.15) is 0 Å². The molecular formula is C15H19ClN4O. The van der Waals surface area contributed by atoms with Crippen molar-refractivity contribution in [3.8, 4) is 11.4 Å². The molecule has 2 atom stereocenters. The van der Waals surface area contributed by atoms with Gasteiger partial charge in [-0.25, -0.2) is 0 Å². The van der Waals surface area contributed by atoms with E-state index in [0.29, 0.717) is 35.4 Å². The average molecular weight is 307 g/mol. The van der Waals surface area contributed by atoms with Crippen molar-refractivity contribution in [2.24, 2.45) is 0 Å². The van der Waals surface area contributed by atoms with Crippen LogP contribution < -0.4 is 5.32 Å². The number of aromatic nitrogens is 2. The van der Waals surface area contributed by atoms with Crippen LogP contribution in [0.25, 0.3) is 11.4 Å². The number of hydrogen-bond acceptors (Lipinski definition) is 5. The molecule has 1 N–H and O–H groups in total. The Labute approximate surface area is 129 Å². The third-order valence-electron chi connectivity index (χ3n) is 3.88. The van der Waals surface area contributed by atoms with Gasteiger partial charge in [-0.1, -0.05) is 28.9 Å². The first-order valence-corrected chi connectivity index (χ1v) is 7.56. The maximum Gasteiger partial charge on any atom is 0.241 e. The highest BCUT2D eigenvalue weighted by atomic mass is 35.5. The summed E-state index contributed by atoms with van der Waals surface area (Å²) < 4.78 is 5.39. The maximum absolute atomic E-state index is 5.99. The maximum atomic E-state index is 5.99. The molecule has 2 aromatic rings. The van der Waals surface area contributed by atoms with E-state index in [4.69, 9.17) is 16.1 Å². The summed E-state index contributed by atoms with van der Waals surface area (Å²) in [6.07, 6.45) is 0. The zero-order valence-corrected chi connectivity index (χ0v) is 13.0. The molecule has 6 heteroatoms. The largest absolute Gasteiger partial charge is 0.338 e. The second kappa shape index (κ2) is 6.13. The van der Waals surface area contributed by atoms with Crippen LogP contribution in [0, 0.1) is 0 Å². The minimum atomic E-state index is 0.454. The fourth-order valence-corrected chi connectivity index (χ4v) is 2.89. The number of hydrogen-bond donors (Lipinski definition) is 1. The highest BCUT2D eigenvalue weighted by molar-refractivity contribution is 6.30. The molecular weight excluding hydrogens is 288 g/mol. The van der Waals surface area contributed by atoms with E-state index in [1.807, 2.05) is 24.3 Å². The van der Waals surface area contributed by atoms with E-state index in [1.165, 1.54) is 0 Å². The van der Waals surface area contributed by atoms with Gasteiger partial charge in [-0.15, -0.1) is 0 Å². The summed E-state index contributed by atoms with van der Waals surface area (Å²) in [6, 6.07) is 8.39. The predicted molar refractivity (Wildman–Crippen MR) is 82.1 cm³/mol. The normalized spacial score (nSPS) is 23.4. The molecule has 1 aromatic heterocycles. The molecule has 112 valence electrons. The minimum Gasteiger partial charge on any atom is -0.338 e. The molecule has 0 aliphatic carbocycles. The van der Waals surface area contributed by atoms with Gasteiger partial charge in [0.05, 0.1) is 6.54 Å². The molecule has 1 aliphatic heterocycles. The highest BCUT2D eigenvalue weighted by Crippen LogP contribution is 2.21. The lowest BCUT2D eigenvalue weighted by Crippen LogP contribution is -2.54. The van der Waals surface area contributed by atoms with Crippen molar-refractivity contribution < 1.29 is 4.52 Å². The van der Waals surface area contributed by atoms with E-state index in [2.05, 4.69) is 34.2 Å². The summed E-state index contributed by atoms with van der Waals surface area (Å²) in [5, 5.41) is 8.14. The average Bonchev–Trinajstić information content (AvgIpc) is 2.92. The van der Waals surface area contributed by atoms with Crippen molar-refractivity contribution in [1.82, 2.24) is 20.4 Å². The summed E-state index contributed by atoms with van der Waals surface area (Å²) in [5.74, 6) is 1.23. The van der Waals surface area contributed by atoms with Gasteiger partial charge in [0.2, 0.25) is 11.7 Å². The van der Waals surface area contributed by atoms with E-state index in [-0.39, 0.29) is 0 Å². The van der Waals surface area contributed by atoms with E-state index in [9.17, 15) is 0 Å². The van der Waals surface area contributed by atoms with E-state index >= 15 is 0 Å². The van der Waals surface area contributed by atoms with Gasteiger partial charge in [0.15, 0.2) is 0 Å². The number of benzene rings is 1. The molecule has 1 aliphatic rings. The Morgan fingerprint density at radius 2 is 2.10 bits per heavy atom. The van der Waals surface area contributed by atoms with Crippen molar-refractivity contribution in [2.45, 2.75) is 32.5 Å².